The highest BCUT2D eigenvalue weighted by Gasteiger charge is 2.13. The maximum atomic E-state index is 6.11. The first kappa shape index (κ1) is 11.9. The topological polar surface area (TPSA) is 29.3 Å². The fourth-order valence-corrected chi connectivity index (χ4v) is 1.86. The Hall–Kier alpha value is -1.18. The number of rotatable bonds is 4. The van der Waals surface area contributed by atoms with Crippen LogP contribution < -0.4 is 10.6 Å². The molecule has 0 heterocycles. The summed E-state index contributed by atoms with van der Waals surface area (Å²) in [5, 5.41) is 0. The van der Waals surface area contributed by atoms with E-state index in [1.54, 1.807) is 0 Å². The van der Waals surface area contributed by atoms with Crippen molar-refractivity contribution in [2.45, 2.75) is 40.2 Å². The third-order valence-electron chi connectivity index (χ3n) is 3.07. The molecule has 15 heavy (non-hydrogen) atoms. The van der Waals surface area contributed by atoms with Gasteiger partial charge in [0.1, 0.15) is 0 Å². The fraction of sp³-hybridized carbons (Fsp3) is 0.538. The second kappa shape index (κ2) is 5.06. The van der Waals surface area contributed by atoms with E-state index in [1.165, 1.54) is 5.69 Å². The van der Waals surface area contributed by atoms with Crippen LogP contribution in [0.2, 0.25) is 0 Å². The van der Waals surface area contributed by atoms with Crippen LogP contribution >= 0.6 is 0 Å². The van der Waals surface area contributed by atoms with E-state index in [4.69, 9.17) is 5.73 Å². The minimum atomic E-state index is 0.541. The van der Waals surface area contributed by atoms with E-state index in [2.05, 4.69) is 50.8 Å². The van der Waals surface area contributed by atoms with Crippen LogP contribution in [0.3, 0.4) is 0 Å². The quantitative estimate of drug-likeness (QED) is 0.766. The molecule has 0 aromatic heterocycles. The highest BCUT2D eigenvalue weighted by atomic mass is 15.2. The van der Waals surface area contributed by atoms with E-state index in [0.717, 1.165) is 24.2 Å². The second-order valence-corrected chi connectivity index (χ2v) is 4.05. The van der Waals surface area contributed by atoms with Crippen LogP contribution in [0.15, 0.2) is 18.2 Å². The van der Waals surface area contributed by atoms with Gasteiger partial charge < -0.3 is 10.6 Å². The number of hydrogen-bond donors (Lipinski definition) is 1. The number of aryl methyl sites for hydroxylation is 1. The average Bonchev–Trinajstić information content (AvgIpc) is 2.24. The van der Waals surface area contributed by atoms with Crippen molar-refractivity contribution in [3.63, 3.8) is 0 Å². The molecule has 84 valence electrons. The van der Waals surface area contributed by atoms with E-state index < -0.39 is 0 Å². The lowest BCUT2D eigenvalue weighted by Crippen LogP contribution is -2.32. The van der Waals surface area contributed by atoms with Gasteiger partial charge in [-0.05, 0) is 38.8 Å². The molecule has 1 rings (SSSR count). The Kier molecular flexibility index (Phi) is 4.01. The molecule has 0 bridgehead atoms. The molecule has 0 saturated carbocycles. The average molecular weight is 206 g/mol. The molecule has 0 amide bonds. The van der Waals surface area contributed by atoms with E-state index in [-0.39, 0.29) is 0 Å². The lowest BCUT2D eigenvalue weighted by molar-refractivity contribution is 0.630. The maximum absolute atomic E-state index is 6.11. The molecule has 0 aliphatic rings. The van der Waals surface area contributed by atoms with Gasteiger partial charge in [0.05, 0.1) is 11.4 Å². The van der Waals surface area contributed by atoms with Crippen LogP contribution in [0.25, 0.3) is 0 Å². The first-order valence-corrected chi connectivity index (χ1v) is 5.73. The van der Waals surface area contributed by atoms with Gasteiger partial charge in [-0.15, -0.1) is 0 Å². The monoisotopic (exact) mass is 206 g/mol. The van der Waals surface area contributed by atoms with E-state index in [1.807, 2.05) is 0 Å². The lowest BCUT2D eigenvalue weighted by atomic mass is 10.1. The number of hydrogen-bond acceptors (Lipinski definition) is 2. The predicted molar refractivity (Wildman–Crippen MR) is 68.4 cm³/mol. The Bertz CT molecular complexity index is 320. The standard InChI is InChI=1S/C13H22N2/c1-5-11(4)15(6-2)12-9-7-8-10(3)13(12)14/h7-9,11H,5-6,14H2,1-4H3. The lowest BCUT2D eigenvalue weighted by Gasteiger charge is -2.31. The van der Waals surface area contributed by atoms with Crippen LogP contribution in [0.1, 0.15) is 32.8 Å². The summed E-state index contributed by atoms with van der Waals surface area (Å²) in [5.41, 5.74) is 9.36. The highest BCUT2D eigenvalue weighted by Crippen LogP contribution is 2.28. The number of anilines is 2. The van der Waals surface area contributed by atoms with Crippen molar-refractivity contribution in [2.24, 2.45) is 0 Å². The molecule has 2 N–H and O–H groups in total. The molecule has 0 spiro atoms. The zero-order valence-electron chi connectivity index (χ0n) is 10.2. The second-order valence-electron chi connectivity index (χ2n) is 4.05. The molecule has 1 atom stereocenters. The Balaban J connectivity index is 3.07. The maximum Gasteiger partial charge on any atom is 0.0604 e. The molecule has 0 saturated heterocycles. The van der Waals surface area contributed by atoms with Gasteiger partial charge in [-0.25, -0.2) is 0 Å². The van der Waals surface area contributed by atoms with Crippen molar-refractivity contribution < 1.29 is 0 Å². The molecular weight excluding hydrogens is 184 g/mol. The smallest absolute Gasteiger partial charge is 0.0604 e. The number of para-hydroxylation sites is 1. The highest BCUT2D eigenvalue weighted by molar-refractivity contribution is 5.71. The van der Waals surface area contributed by atoms with Crippen molar-refractivity contribution in [1.82, 2.24) is 0 Å². The van der Waals surface area contributed by atoms with Crippen LogP contribution in [0.5, 0.6) is 0 Å². The molecule has 2 heteroatoms. The first-order valence-electron chi connectivity index (χ1n) is 5.73. The van der Waals surface area contributed by atoms with Crippen molar-refractivity contribution >= 4 is 11.4 Å². The zero-order chi connectivity index (χ0) is 11.4. The summed E-state index contributed by atoms with van der Waals surface area (Å²) >= 11 is 0. The summed E-state index contributed by atoms with van der Waals surface area (Å²) in [6, 6.07) is 6.78. The molecule has 1 aromatic rings. The number of benzene rings is 1. The van der Waals surface area contributed by atoms with E-state index in [0.29, 0.717) is 6.04 Å². The molecule has 1 aromatic carbocycles. The number of nitrogen functional groups attached to an aromatic ring is 1. The van der Waals surface area contributed by atoms with Gasteiger partial charge in [0.25, 0.3) is 0 Å². The van der Waals surface area contributed by atoms with Gasteiger partial charge in [0.15, 0.2) is 0 Å². The summed E-state index contributed by atoms with van der Waals surface area (Å²) in [7, 11) is 0. The van der Waals surface area contributed by atoms with Crippen LogP contribution in [-0.2, 0) is 0 Å². The summed E-state index contributed by atoms with van der Waals surface area (Å²) in [6.07, 6.45) is 1.14. The first-order chi connectivity index (χ1) is 7.11. The number of nitrogens with zero attached hydrogens (tertiary/aromatic N) is 1. The van der Waals surface area contributed by atoms with Gasteiger partial charge in [-0.3, -0.25) is 0 Å². The van der Waals surface area contributed by atoms with E-state index >= 15 is 0 Å². The van der Waals surface area contributed by atoms with Gasteiger partial charge in [0, 0.05) is 12.6 Å². The van der Waals surface area contributed by atoms with Gasteiger partial charge >= 0.3 is 0 Å². The van der Waals surface area contributed by atoms with Crippen LogP contribution in [-0.4, -0.2) is 12.6 Å². The Morgan fingerprint density at radius 2 is 2.00 bits per heavy atom. The number of nitrogens with two attached hydrogens (primary N) is 1. The minimum absolute atomic E-state index is 0.541. The Morgan fingerprint density at radius 1 is 1.33 bits per heavy atom. The molecule has 0 aliphatic heterocycles. The summed E-state index contributed by atoms with van der Waals surface area (Å²) in [5.74, 6) is 0. The third-order valence-corrected chi connectivity index (χ3v) is 3.07. The van der Waals surface area contributed by atoms with Crippen molar-refractivity contribution in [1.29, 1.82) is 0 Å². The SMILES string of the molecule is CCC(C)N(CC)c1cccc(C)c1N. The van der Waals surface area contributed by atoms with Gasteiger partial charge in [0.2, 0.25) is 0 Å². The summed E-state index contributed by atoms with van der Waals surface area (Å²) in [4.78, 5) is 2.36. The fourth-order valence-electron chi connectivity index (χ4n) is 1.86. The molecular formula is C13H22N2. The minimum Gasteiger partial charge on any atom is -0.397 e. The zero-order valence-corrected chi connectivity index (χ0v) is 10.2. The molecule has 0 aliphatic carbocycles. The largest absolute Gasteiger partial charge is 0.397 e. The van der Waals surface area contributed by atoms with Crippen molar-refractivity contribution in [3.8, 4) is 0 Å². The Labute approximate surface area is 93.1 Å². The summed E-state index contributed by atoms with van der Waals surface area (Å²) < 4.78 is 0. The molecule has 0 fully saturated rings. The third kappa shape index (κ3) is 2.44. The van der Waals surface area contributed by atoms with Crippen molar-refractivity contribution in [2.75, 3.05) is 17.2 Å². The molecule has 1 unspecified atom stereocenters. The van der Waals surface area contributed by atoms with Gasteiger partial charge in [-0.2, -0.15) is 0 Å². The van der Waals surface area contributed by atoms with Crippen LogP contribution in [0.4, 0.5) is 11.4 Å². The predicted octanol–water partition coefficient (Wildman–Crippen LogP) is 3.20. The summed E-state index contributed by atoms with van der Waals surface area (Å²) in [6.45, 7) is 9.68. The normalized spacial score (nSPS) is 12.5. The van der Waals surface area contributed by atoms with Crippen LogP contribution in [0, 0.1) is 6.92 Å². The molecule has 2 nitrogen and oxygen atoms in total. The van der Waals surface area contributed by atoms with E-state index in [9.17, 15) is 0 Å². The Morgan fingerprint density at radius 3 is 2.53 bits per heavy atom. The van der Waals surface area contributed by atoms with Gasteiger partial charge in [-0.1, -0.05) is 19.1 Å². The molecule has 0 radical (unpaired) electrons. The van der Waals surface area contributed by atoms with Crippen molar-refractivity contribution in [3.05, 3.63) is 23.8 Å².